The lowest BCUT2D eigenvalue weighted by Gasteiger charge is -2.36. The molecule has 2 heterocycles. The molecule has 0 aliphatic carbocycles. The first-order valence-corrected chi connectivity index (χ1v) is 7.76. The maximum absolute atomic E-state index is 12.5. The zero-order valence-corrected chi connectivity index (χ0v) is 13.4. The third-order valence-corrected chi connectivity index (χ3v) is 4.13. The van der Waals surface area contributed by atoms with Crippen LogP contribution >= 0.6 is 0 Å². The highest BCUT2D eigenvalue weighted by atomic mass is 16.6. The Kier molecular flexibility index (Phi) is 4.41. The lowest BCUT2D eigenvalue weighted by molar-refractivity contribution is -0.384. The van der Waals surface area contributed by atoms with Gasteiger partial charge in [-0.15, -0.1) is 0 Å². The molecule has 1 fully saturated rings. The van der Waals surface area contributed by atoms with Crippen LogP contribution in [0.5, 0.6) is 0 Å². The van der Waals surface area contributed by atoms with E-state index in [1.165, 1.54) is 6.07 Å². The number of nitro groups is 1. The number of carbonyl (C=O) groups is 1. The van der Waals surface area contributed by atoms with Gasteiger partial charge in [0.05, 0.1) is 10.5 Å². The van der Waals surface area contributed by atoms with Crippen LogP contribution in [0.4, 0.5) is 11.4 Å². The van der Waals surface area contributed by atoms with E-state index in [4.69, 9.17) is 0 Å². The second-order valence-electron chi connectivity index (χ2n) is 5.74. The van der Waals surface area contributed by atoms with Crippen molar-refractivity contribution in [1.82, 2.24) is 9.88 Å². The maximum atomic E-state index is 12.5. The summed E-state index contributed by atoms with van der Waals surface area (Å²) in [5.74, 6) is -0.0267. The lowest BCUT2D eigenvalue weighted by Crippen LogP contribution is -2.48. The molecular weight excluding hydrogens is 308 g/mol. The standard InChI is InChI=1S/C17H18N4O3/c1-13-5-6-14(12-18-13)17(22)20-9-7-19(8-10-20)15-3-2-4-16(11-15)21(23)24/h2-6,11-12H,7-10H2,1H3. The van der Waals surface area contributed by atoms with Gasteiger partial charge in [-0.05, 0) is 25.1 Å². The summed E-state index contributed by atoms with van der Waals surface area (Å²) in [7, 11) is 0. The molecule has 0 saturated carbocycles. The highest BCUT2D eigenvalue weighted by Crippen LogP contribution is 2.22. The highest BCUT2D eigenvalue weighted by molar-refractivity contribution is 5.94. The minimum Gasteiger partial charge on any atom is -0.368 e. The van der Waals surface area contributed by atoms with Gasteiger partial charge in [0, 0.05) is 55.9 Å². The Morgan fingerprint density at radius 2 is 1.92 bits per heavy atom. The molecule has 3 rings (SSSR count). The van der Waals surface area contributed by atoms with Gasteiger partial charge in [0.2, 0.25) is 0 Å². The van der Waals surface area contributed by atoms with Gasteiger partial charge in [0.1, 0.15) is 0 Å². The van der Waals surface area contributed by atoms with Crippen LogP contribution in [0, 0.1) is 17.0 Å². The highest BCUT2D eigenvalue weighted by Gasteiger charge is 2.23. The first-order valence-electron chi connectivity index (χ1n) is 7.76. The Bertz CT molecular complexity index is 753. The van der Waals surface area contributed by atoms with Crippen LogP contribution in [0.2, 0.25) is 0 Å². The van der Waals surface area contributed by atoms with Crippen molar-refractivity contribution < 1.29 is 9.72 Å². The number of hydrogen-bond donors (Lipinski definition) is 0. The van der Waals surface area contributed by atoms with Gasteiger partial charge < -0.3 is 9.80 Å². The fraction of sp³-hybridized carbons (Fsp3) is 0.294. The average molecular weight is 326 g/mol. The monoisotopic (exact) mass is 326 g/mol. The molecule has 1 amide bonds. The van der Waals surface area contributed by atoms with Crippen LogP contribution in [0.3, 0.4) is 0 Å². The van der Waals surface area contributed by atoms with E-state index in [-0.39, 0.29) is 11.6 Å². The van der Waals surface area contributed by atoms with Crippen LogP contribution in [0.15, 0.2) is 42.6 Å². The average Bonchev–Trinajstić information content (AvgIpc) is 2.62. The fourth-order valence-corrected chi connectivity index (χ4v) is 2.75. The third-order valence-electron chi connectivity index (χ3n) is 4.13. The number of carbonyl (C=O) groups excluding carboxylic acids is 1. The Hall–Kier alpha value is -2.96. The molecule has 0 radical (unpaired) electrons. The first-order chi connectivity index (χ1) is 11.5. The molecule has 7 heteroatoms. The SMILES string of the molecule is Cc1ccc(C(=O)N2CCN(c3cccc([N+](=O)[O-])c3)CC2)cn1. The van der Waals surface area contributed by atoms with E-state index < -0.39 is 4.92 Å². The number of rotatable bonds is 3. The molecule has 1 saturated heterocycles. The van der Waals surface area contributed by atoms with E-state index in [2.05, 4.69) is 9.88 Å². The van der Waals surface area contributed by atoms with Gasteiger partial charge in [-0.2, -0.15) is 0 Å². The summed E-state index contributed by atoms with van der Waals surface area (Å²) in [5, 5.41) is 10.9. The Labute approximate surface area is 139 Å². The number of anilines is 1. The van der Waals surface area contributed by atoms with E-state index in [9.17, 15) is 14.9 Å². The molecule has 24 heavy (non-hydrogen) atoms. The zero-order valence-electron chi connectivity index (χ0n) is 13.4. The molecule has 0 spiro atoms. The molecule has 0 N–H and O–H groups in total. The number of pyridine rings is 1. The number of nitro benzene ring substituents is 1. The smallest absolute Gasteiger partial charge is 0.271 e. The van der Waals surface area contributed by atoms with Crippen molar-refractivity contribution in [3.8, 4) is 0 Å². The number of non-ortho nitro benzene ring substituents is 1. The van der Waals surface area contributed by atoms with E-state index in [0.717, 1.165) is 11.4 Å². The fourth-order valence-electron chi connectivity index (χ4n) is 2.75. The molecule has 1 aliphatic heterocycles. The summed E-state index contributed by atoms with van der Waals surface area (Å²) in [6.07, 6.45) is 1.60. The number of benzene rings is 1. The second kappa shape index (κ2) is 6.66. The summed E-state index contributed by atoms with van der Waals surface area (Å²) in [6, 6.07) is 10.2. The summed E-state index contributed by atoms with van der Waals surface area (Å²) in [4.78, 5) is 31.0. The summed E-state index contributed by atoms with van der Waals surface area (Å²) in [6.45, 7) is 4.33. The Balaban J connectivity index is 1.65. The number of amides is 1. The van der Waals surface area contributed by atoms with Crippen molar-refractivity contribution in [3.05, 3.63) is 64.0 Å². The predicted octanol–water partition coefficient (Wildman–Crippen LogP) is 2.26. The molecule has 2 aromatic rings. The molecule has 0 bridgehead atoms. The molecular formula is C17H18N4O3. The first kappa shape index (κ1) is 15.9. The minimum atomic E-state index is -0.395. The van der Waals surface area contributed by atoms with Crippen molar-refractivity contribution >= 4 is 17.3 Å². The third kappa shape index (κ3) is 3.34. The lowest BCUT2D eigenvalue weighted by atomic mass is 10.2. The van der Waals surface area contributed by atoms with Crippen LogP contribution in [-0.4, -0.2) is 46.9 Å². The predicted molar refractivity (Wildman–Crippen MR) is 90.2 cm³/mol. The summed E-state index contributed by atoms with van der Waals surface area (Å²) < 4.78 is 0. The summed E-state index contributed by atoms with van der Waals surface area (Å²) in [5.41, 5.74) is 2.36. The van der Waals surface area contributed by atoms with Crippen molar-refractivity contribution in [2.45, 2.75) is 6.92 Å². The van der Waals surface area contributed by atoms with Crippen LogP contribution in [-0.2, 0) is 0 Å². The quantitative estimate of drug-likeness (QED) is 0.638. The number of aromatic nitrogens is 1. The van der Waals surface area contributed by atoms with E-state index in [0.29, 0.717) is 31.7 Å². The van der Waals surface area contributed by atoms with E-state index in [1.54, 1.807) is 29.3 Å². The minimum absolute atomic E-state index is 0.0267. The molecule has 0 atom stereocenters. The van der Waals surface area contributed by atoms with Gasteiger partial charge in [-0.3, -0.25) is 19.9 Å². The van der Waals surface area contributed by atoms with E-state index in [1.807, 2.05) is 19.1 Å². The molecule has 124 valence electrons. The Morgan fingerprint density at radius 3 is 2.54 bits per heavy atom. The van der Waals surface area contributed by atoms with Crippen LogP contribution in [0.25, 0.3) is 0 Å². The normalized spacial score (nSPS) is 14.5. The molecule has 0 unspecified atom stereocenters. The van der Waals surface area contributed by atoms with Crippen molar-refractivity contribution in [1.29, 1.82) is 0 Å². The topological polar surface area (TPSA) is 79.6 Å². The van der Waals surface area contributed by atoms with Gasteiger partial charge >= 0.3 is 0 Å². The number of piperazine rings is 1. The van der Waals surface area contributed by atoms with Gasteiger partial charge in [-0.25, -0.2) is 0 Å². The Morgan fingerprint density at radius 1 is 1.17 bits per heavy atom. The number of aryl methyl sites for hydroxylation is 1. The second-order valence-corrected chi connectivity index (χ2v) is 5.74. The molecule has 1 aromatic heterocycles. The molecule has 7 nitrogen and oxygen atoms in total. The van der Waals surface area contributed by atoms with Crippen molar-refractivity contribution in [2.24, 2.45) is 0 Å². The van der Waals surface area contributed by atoms with Gasteiger partial charge in [0.15, 0.2) is 0 Å². The van der Waals surface area contributed by atoms with Crippen molar-refractivity contribution in [3.63, 3.8) is 0 Å². The number of nitrogens with zero attached hydrogens (tertiary/aromatic N) is 4. The van der Waals surface area contributed by atoms with Crippen LogP contribution in [0.1, 0.15) is 16.1 Å². The molecule has 1 aromatic carbocycles. The summed E-state index contributed by atoms with van der Waals surface area (Å²) >= 11 is 0. The van der Waals surface area contributed by atoms with Gasteiger partial charge in [0.25, 0.3) is 11.6 Å². The van der Waals surface area contributed by atoms with Gasteiger partial charge in [-0.1, -0.05) is 6.07 Å². The molecule has 1 aliphatic rings. The number of hydrogen-bond acceptors (Lipinski definition) is 5. The van der Waals surface area contributed by atoms with E-state index >= 15 is 0 Å². The maximum Gasteiger partial charge on any atom is 0.271 e. The van der Waals surface area contributed by atoms with Crippen molar-refractivity contribution in [2.75, 3.05) is 31.1 Å². The zero-order chi connectivity index (χ0) is 17.1. The largest absolute Gasteiger partial charge is 0.368 e. The van der Waals surface area contributed by atoms with Crippen LogP contribution < -0.4 is 4.90 Å².